The molecule has 0 aliphatic rings. The molecule has 1 heterocycles. The highest BCUT2D eigenvalue weighted by molar-refractivity contribution is 6.00. The molecule has 0 spiro atoms. The van der Waals surface area contributed by atoms with E-state index in [0.717, 1.165) is 27.7 Å². The minimum atomic E-state index is 0.0503. The predicted molar refractivity (Wildman–Crippen MR) is 83.4 cm³/mol. The van der Waals surface area contributed by atoms with Gasteiger partial charge in [0.2, 0.25) is 0 Å². The summed E-state index contributed by atoms with van der Waals surface area (Å²) in [6.45, 7) is 1.56. The van der Waals surface area contributed by atoms with Gasteiger partial charge in [-0.1, -0.05) is 48.5 Å². The molecule has 3 rings (SSSR count). The number of carbonyl (C=O) groups excluding carboxylic acids is 1. The molecule has 0 radical (unpaired) electrons. The van der Waals surface area contributed by atoms with Gasteiger partial charge in [0.05, 0.1) is 5.69 Å². The Bertz CT molecular complexity index is 782. The maximum Gasteiger partial charge on any atom is 0.152 e. The van der Waals surface area contributed by atoms with E-state index in [1.807, 2.05) is 42.5 Å². The monoisotopic (exact) mass is 261 g/mol. The number of ketones is 1. The molecule has 0 atom stereocenters. The van der Waals surface area contributed by atoms with Crippen LogP contribution in [0.4, 0.5) is 0 Å². The molecular formula is C18H15NO. The van der Waals surface area contributed by atoms with E-state index in [-0.39, 0.29) is 5.78 Å². The highest BCUT2D eigenvalue weighted by Crippen LogP contribution is 2.31. The first kappa shape index (κ1) is 12.4. The van der Waals surface area contributed by atoms with Crippen molar-refractivity contribution in [3.63, 3.8) is 0 Å². The second-order valence-corrected chi connectivity index (χ2v) is 4.77. The Morgan fingerprint density at radius 2 is 1.70 bits per heavy atom. The van der Waals surface area contributed by atoms with E-state index in [0.29, 0.717) is 0 Å². The second-order valence-electron chi connectivity index (χ2n) is 4.77. The molecule has 0 aliphatic heterocycles. The average molecular weight is 261 g/mol. The van der Waals surface area contributed by atoms with Crippen molar-refractivity contribution < 1.29 is 4.79 Å². The molecule has 0 saturated carbocycles. The normalized spacial score (nSPS) is 11.2. The third-order valence-electron chi connectivity index (χ3n) is 3.29. The Balaban J connectivity index is 2.25. The van der Waals surface area contributed by atoms with Gasteiger partial charge in [0, 0.05) is 16.5 Å². The van der Waals surface area contributed by atoms with E-state index in [1.165, 1.54) is 0 Å². The first-order chi connectivity index (χ1) is 9.75. The quantitative estimate of drug-likeness (QED) is 0.695. The zero-order valence-electron chi connectivity index (χ0n) is 11.3. The molecule has 1 aromatic heterocycles. The lowest BCUT2D eigenvalue weighted by atomic mass is 10.0. The molecule has 3 aromatic rings. The van der Waals surface area contributed by atoms with E-state index in [1.54, 1.807) is 13.0 Å². The van der Waals surface area contributed by atoms with Crippen LogP contribution < -0.4 is 0 Å². The van der Waals surface area contributed by atoms with Crippen molar-refractivity contribution in [3.05, 3.63) is 66.2 Å². The van der Waals surface area contributed by atoms with Crippen LogP contribution in [0, 0.1) is 0 Å². The maximum absolute atomic E-state index is 11.2. The third kappa shape index (κ3) is 2.28. The molecule has 0 unspecified atom stereocenters. The smallest absolute Gasteiger partial charge is 0.152 e. The molecular weight excluding hydrogens is 246 g/mol. The number of H-pyrrole nitrogens is 1. The highest BCUT2D eigenvalue weighted by atomic mass is 16.1. The molecule has 98 valence electrons. The fourth-order valence-electron chi connectivity index (χ4n) is 2.37. The summed E-state index contributed by atoms with van der Waals surface area (Å²) in [5.74, 6) is 0.0503. The highest BCUT2D eigenvalue weighted by Gasteiger charge is 2.10. The van der Waals surface area contributed by atoms with Crippen LogP contribution in [-0.2, 0) is 4.79 Å². The Kier molecular flexibility index (Phi) is 3.21. The van der Waals surface area contributed by atoms with E-state index < -0.39 is 0 Å². The van der Waals surface area contributed by atoms with Gasteiger partial charge in [0.15, 0.2) is 5.78 Å². The summed E-state index contributed by atoms with van der Waals surface area (Å²) in [7, 11) is 0. The van der Waals surface area contributed by atoms with Crippen LogP contribution in [0.2, 0.25) is 0 Å². The number of hydrogen-bond donors (Lipinski definition) is 1. The lowest BCUT2D eigenvalue weighted by Gasteiger charge is -2.00. The van der Waals surface area contributed by atoms with Crippen molar-refractivity contribution in [1.82, 2.24) is 4.98 Å². The SMILES string of the molecule is CC(=O)/C=C/c1c(-c2ccccc2)[nH]c2ccccc12. The molecule has 0 bridgehead atoms. The van der Waals surface area contributed by atoms with Crippen LogP contribution in [0.25, 0.3) is 28.2 Å². The molecule has 2 heteroatoms. The summed E-state index contributed by atoms with van der Waals surface area (Å²) in [4.78, 5) is 14.7. The molecule has 20 heavy (non-hydrogen) atoms. The van der Waals surface area contributed by atoms with Gasteiger partial charge >= 0.3 is 0 Å². The molecule has 0 aliphatic carbocycles. The van der Waals surface area contributed by atoms with Gasteiger partial charge in [-0.3, -0.25) is 4.79 Å². The minimum Gasteiger partial charge on any atom is -0.354 e. The van der Waals surface area contributed by atoms with E-state index in [4.69, 9.17) is 0 Å². The largest absolute Gasteiger partial charge is 0.354 e. The van der Waals surface area contributed by atoms with Crippen molar-refractivity contribution in [2.24, 2.45) is 0 Å². The molecule has 0 fully saturated rings. The second kappa shape index (κ2) is 5.17. The van der Waals surface area contributed by atoms with Crippen molar-refractivity contribution in [2.75, 3.05) is 0 Å². The number of nitrogens with one attached hydrogen (secondary N) is 1. The van der Waals surface area contributed by atoms with Gasteiger partial charge in [-0.15, -0.1) is 0 Å². The van der Waals surface area contributed by atoms with Crippen LogP contribution in [0.3, 0.4) is 0 Å². The Labute approximate surface area is 117 Å². The van der Waals surface area contributed by atoms with Crippen LogP contribution >= 0.6 is 0 Å². The average Bonchev–Trinajstić information content (AvgIpc) is 2.84. The van der Waals surface area contributed by atoms with Crippen LogP contribution in [-0.4, -0.2) is 10.8 Å². The first-order valence-electron chi connectivity index (χ1n) is 6.60. The van der Waals surface area contributed by atoms with Gasteiger partial charge in [-0.05, 0) is 30.7 Å². The maximum atomic E-state index is 11.2. The number of aromatic amines is 1. The van der Waals surface area contributed by atoms with Gasteiger partial charge in [0.1, 0.15) is 0 Å². The van der Waals surface area contributed by atoms with Crippen molar-refractivity contribution in [1.29, 1.82) is 0 Å². The molecule has 0 saturated heterocycles. The molecule has 0 amide bonds. The number of fused-ring (bicyclic) bond motifs is 1. The van der Waals surface area contributed by atoms with Crippen LogP contribution in [0.1, 0.15) is 12.5 Å². The Hall–Kier alpha value is -2.61. The van der Waals surface area contributed by atoms with Crippen molar-refractivity contribution in [2.45, 2.75) is 6.92 Å². The number of benzene rings is 2. The molecule has 1 N–H and O–H groups in total. The van der Waals surface area contributed by atoms with E-state index >= 15 is 0 Å². The summed E-state index contributed by atoms with van der Waals surface area (Å²) < 4.78 is 0. The predicted octanol–water partition coefficient (Wildman–Crippen LogP) is 4.44. The van der Waals surface area contributed by atoms with Crippen LogP contribution in [0.5, 0.6) is 0 Å². The summed E-state index contributed by atoms with van der Waals surface area (Å²) in [5.41, 5.74) is 4.30. The standard InChI is InChI=1S/C18H15NO/c1-13(20)11-12-16-15-9-5-6-10-17(15)19-18(16)14-7-3-2-4-8-14/h2-12,19H,1H3/b12-11+. The zero-order valence-corrected chi connectivity index (χ0v) is 11.3. The first-order valence-corrected chi connectivity index (χ1v) is 6.60. The van der Waals surface area contributed by atoms with Gasteiger partial charge in [-0.2, -0.15) is 0 Å². The van der Waals surface area contributed by atoms with Gasteiger partial charge < -0.3 is 4.98 Å². The van der Waals surface area contributed by atoms with Gasteiger partial charge in [-0.25, -0.2) is 0 Å². The number of carbonyl (C=O) groups is 1. The number of allylic oxidation sites excluding steroid dienone is 1. The van der Waals surface area contributed by atoms with E-state index in [9.17, 15) is 4.79 Å². The fourth-order valence-corrected chi connectivity index (χ4v) is 2.37. The number of aromatic nitrogens is 1. The Morgan fingerprint density at radius 1 is 1.00 bits per heavy atom. The van der Waals surface area contributed by atoms with Gasteiger partial charge in [0.25, 0.3) is 0 Å². The summed E-state index contributed by atoms with van der Waals surface area (Å²) in [6.07, 6.45) is 3.51. The zero-order chi connectivity index (χ0) is 13.9. The summed E-state index contributed by atoms with van der Waals surface area (Å²) in [6, 6.07) is 18.3. The lowest BCUT2D eigenvalue weighted by molar-refractivity contribution is -0.112. The fraction of sp³-hybridized carbons (Fsp3) is 0.0556. The topological polar surface area (TPSA) is 32.9 Å². The molecule has 2 nitrogen and oxygen atoms in total. The van der Waals surface area contributed by atoms with Crippen LogP contribution in [0.15, 0.2) is 60.7 Å². The molecule has 2 aromatic carbocycles. The third-order valence-corrected chi connectivity index (χ3v) is 3.29. The summed E-state index contributed by atoms with van der Waals surface area (Å²) in [5, 5.41) is 1.13. The van der Waals surface area contributed by atoms with Crippen molar-refractivity contribution >= 4 is 22.8 Å². The van der Waals surface area contributed by atoms with E-state index in [2.05, 4.69) is 23.2 Å². The number of para-hydroxylation sites is 1. The number of rotatable bonds is 3. The Morgan fingerprint density at radius 3 is 2.45 bits per heavy atom. The lowest BCUT2D eigenvalue weighted by Crippen LogP contribution is -1.83. The van der Waals surface area contributed by atoms with Crippen molar-refractivity contribution in [3.8, 4) is 11.3 Å². The number of hydrogen-bond acceptors (Lipinski definition) is 1. The minimum absolute atomic E-state index is 0.0503. The summed E-state index contributed by atoms with van der Waals surface area (Å²) >= 11 is 0.